The third-order valence-corrected chi connectivity index (χ3v) is 3.56. The minimum Gasteiger partial charge on any atom is -0.303 e. The van der Waals surface area contributed by atoms with Crippen LogP contribution < -0.4 is 0 Å². The van der Waals surface area contributed by atoms with Gasteiger partial charge in [0.2, 0.25) is 0 Å². The van der Waals surface area contributed by atoms with Crippen LogP contribution in [-0.4, -0.2) is 30.3 Å². The maximum absolute atomic E-state index is 5.05. The summed E-state index contributed by atoms with van der Waals surface area (Å²) in [6.07, 6.45) is 12.2. The molecule has 0 amide bonds. The summed E-state index contributed by atoms with van der Waals surface area (Å²) in [4.78, 5) is 2.64. The fraction of sp³-hybridized carbons (Fsp3) is 1.00. The van der Waals surface area contributed by atoms with Crippen molar-refractivity contribution in [2.24, 2.45) is 0 Å². The van der Waals surface area contributed by atoms with Crippen LogP contribution in [0.1, 0.15) is 71.6 Å². The summed E-state index contributed by atoms with van der Waals surface area (Å²) < 4.78 is 0. The molecule has 1 nitrogen and oxygen atoms in total. The zero-order valence-corrected chi connectivity index (χ0v) is 12.9. The molecule has 0 aromatic carbocycles. The molecule has 0 atom stereocenters. The zero-order chi connectivity index (χ0) is 12.8. The van der Waals surface area contributed by atoms with Crippen molar-refractivity contribution in [2.75, 3.05) is 25.4 Å². The average Bonchev–Trinajstić information content (AvgIpc) is 2.35. The summed E-state index contributed by atoms with van der Waals surface area (Å²) in [5.41, 5.74) is 0. The van der Waals surface area contributed by atoms with Crippen molar-refractivity contribution in [3.8, 4) is 0 Å². The van der Waals surface area contributed by atoms with Gasteiger partial charge in [-0.3, -0.25) is 0 Å². The van der Waals surface area contributed by atoms with E-state index in [1.165, 1.54) is 77.4 Å². The normalized spacial score (nSPS) is 11.3. The topological polar surface area (TPSA) is 3.24 Å². The summed E-state index contributed by atoms with van der Waals surface area (Å²) in [6, 6.07) is 0. The van der Waals surface area contributed by atoms with Gasteiger partial charge in [0.25, 0.3) is 0 Å². The predicted molar refractivity (Wildman–Crippen MR) is 81.8 cm³/mol. The molecule has 1 radical (unpaired) electrons. The first kappa shape index (κ1) is 17.3. The lowest BCUT2D eigenvalue weighted by molar-refractivity contribution is 0.262. The van der Waals surface area contributed by atoms with Gasteiger partial charge in [0, 0.05) is 5.75 Å². The Morgan fingerprint density at radius 1 is 0.647 bits per heavy atom. The van der Waals surface area contributed by atoms with Gasteiger partial charge >= 0.3 is 0 Å². The molecule has 0 aliphatic heterocycles. The quantitative estimate of drug-likeness (QED) is 0.418. The fourth-order valence-electron chi connectivity index (χ4n) is 2.15. The van der Waals surface area contributed by atoms with Crippen LogP contribution in [0, 0.1) is 0 Å². The second-order valence-electron chi connectivity index (χ2n) is 5.02. The smallest absolute Gasteiger partial charge is 0.00491 e. The van der Waals surface area contributed by atoms with Crippen LogP contribution in [0.3, 0.4) is 0 Å². The monoisotopic (exact) mass is 258 g/mol. The number of unbranched alkanes of at least 4 members (excludes halogenated alkanes) is 6. The molecule has 0 heterocycles. The van der Waals surface area contributed by atoms with Crippen molar-refractivity contribution >= 4 is 12.6 Å². The van der Waals surface area contributed by atoms with Crippen molar-refractivity contribution in [2.45, 2.75) is 71.6 Å². The standard InChI is InChI=1S/C15H32NS/c1-3-5-7-9-12-16(14-11-15-17)13-10-8-6-4-2/h3-15H2,1-2H3. The van der Waals surface area contributed by atoms with E-state index in [2.05, 4.69) is 18.7 Å². The minimum absolute atomic E-state index is 0.917. The van der Waals surface area contributed by atoms with E-state index in [9.17, 15) is 0 Å². The van der Waals surface area contributed by atoms with E-state index in [0.29, 0.717) is 0 Å². The van der Waals surface area contributed by atoms with Crippen LogP contribution in [0.25, 0.3) is 0 Å². The molecular formula is C15H32NS. The van der Waals surface area contributed by atoms with Crippen molar-refractivity contribution in [3.63, 3.8) is 0 Å². The zero-order valence-electron chi connectivity index (χ0n) is 12.0. The highest BCUT2D eigenvalue weighted by molar-refractivity contribution is 7.80. The first-order valence-electron chi connectivity index (χ1n) is 7.65. The Balaban J connectivity index is 3.56. The summed E-state index contributed by atoms with van der Waals surface area (Å²) in [5.74, 6) is 0.917. The molecule has 0 spiro atoms. The van der Waals surface area contributed by atoms with Crippen LogP contribution in [0.5, 0.6) is 0 Å². The molecule has 0 rings (SSSR count). The Hall–Kier alpha value is 0.310. The van der Waals surface area contributed by atoms with E-state index < -0.39 is 0 Å². The highest BCUT2D eigenvalue weighted by Crippen LogP contribution is 2.06. The highest BCUT2D eigenvalue weighted by Gasteiger charge is 2.03. The molecule has 0 aromatic heterocycles. The molecule has 0 aliphatic carbocycles. The van der Waals surface area contributed by atoms with Crippen LogP contribution in [0.2, 0.25) is 0 Å². The molecule has 0 saturated heterocycles. The molecule has 17 heavy (non-hydrogen) atoms. The Kier molecular flexibility index (Phi) is 14.6. The van der Waals surface area contributed by atoms with Crippen LogP contribution in [0.4, 0.5) is 0 Å². The third kappa shape index (κ3) is 12.6. The Morgan fingerprint density at radius 3 is 1.53 bits per heavy atom. The van der Waals surface area contributed by atoms with Gasteiger partial charge in [-0.05, 0) is 38.9 Å². The van der Waals surface area contributed by atoms with Crippen LogP contribution in [0.15, 0.2) is 0 Å². The molecule has 0 N–H and O–H groups in total. The van der Waals surface area contributed by atoms with E-state index >= 15 is 0 Å². The van der Waals surface area contributed by atoms with Crippen molar-refractivity contribution in [1.82, 2.24) is 4.90 Å². The fourth-order valence-corrected chi connectivity index (χ4v) is 2.28. The van der Waals surface area contributed by atoms with Gasteiger partial charge in [0.05, 0.1) is 0 Å². The maximum Gasteiger partial charge on any atom is 0.00491 e. The lowest BCUT2D eigenvalue weighted by Crippen LogP contribution is -2.27. The van der Waals surface area contributed by atoms with E-state index in [0.717, 1.165) is 5.75 Å². The van der Waals surface area contributed by atoms with E-state index in [-0.39, 0.29) is 0 Å². The average molecular weight is 258 g/mol. The van der Waals surface area contributed by atoms with E-state index in [4.69, 9.17) is 12.6 Å². The molecule has 0 bridgehead atoms. The third-order valence-electron chi connectivity index (χ3n) is 3.27. The largest absolute Gasteiger partial charge is 0.303 e. The maximum atomic E-state index is 5.05. The molecule has 2 heteroatoms. The summed E-state index contributed by atoms with van der Waals surface area (Å²) >= 11 is 5.05. The Labute approximate surface area is 115 Å². The Morgan fingerprint density at radius 2 is 1.12 bits per heavy atom. The van der Waals surface area contributed by atoms with Gasteiger partial charge in [-0.15, -0.1) is 0 Å². The second-order valence-corrected chi connectivity index (χ2v) is 5.43. The number of hydrogen-bond donors (Lipinski definition) is 0. The number of rotatable bonds is 13. The number of nitrogens with zero attached hydrogens (tertiary/aromatic N) is 1. The first-order chi connectivity index (χ1) is 8.35. The Bertz CT molecular complexity index is 127. The molecule has 0 saturated carbocycles. The minimum atomic E-state index is 0.917. The highest BCUT2D eigenvalue weighted by atomic mass is 32.1. The predicted octanol–water partition coefficient (Wildman–Crippen LogP) is 5.04. The molecule has 0 fully saturated rings. The first-order valence-corrected chi connectivity index (χ1v) is 8.23. The van der Waals surface area contributed by atoms with Gasteiger partial charge < -0.3 is 4.90 Å². The summed E-state index contributed by atoms with van der Waals surface area (Å²) in [5, 5.41) is 0. The van der Waals surface area contributed by atoms with Gasteiger partial charge in [-0.25, -0.2) is 0 Å². The van der Waals surface area contributed by atoms with Crippen molar-refractivity contribution < 1.29 is 0 Å². The lowest BCUT2D eigenvalue weighted by atomic mass is 10.1. The summed E-state index contributed by atoms with van der Waals surface area (Å²) in [6.45, 7) is 8.37. The molecule has 103 valence electrons. The lowest BCUT2D eigenvalue weighted by Gasteiger charge is -2.21. The summed E-state index contributed by atoms with van der Waals surface area (Å²) in [7, 11) is 0. The van der Waals surface area contributed by atoms with E-state index in [1.807, 2.05) is 0 Å². The second kappa shape index (κ2) is 14.4. The molecule has 0 aromatic rings. The number of hydrogen-bond acceptors (Lipinski definition) is 1. The van der Waals surface area contributed by atoms with Gasteiger partial charge in [0.1, 0.15) is 0 Å². The van der Waals surface area contributed by atoms with Crippen LogP contribution >= 0.6 is 12.6 Å². The molecule has 0 unspecified atom stereocenters. The van der Waals surface area contributed by atoms with Crippen LogP contribution in [-0.2, 0) is 0 Å². The van der Waals surface area contributed by atoms with Gasteiger partial charge in [-0.1, -0.05) is 65.0 Å². The molecular weight excluding hydrogens is 226 g/mol. The molecule has 0 aliphatic rings. The van der Waals surface area contributed by atoms with Gasteiger partial charge in [0.15, 0.2) is 0 Å². The van der Waals surface area contributed by atoms with Crippen molar-refractivity contribution in [1.29, 1.82) is 0 Å². The SMILES string of the molecule is CCCCCCN(CCC[S])CCCCCC. The van der Waals surface area contributed by atoms with E-state index in [1.54, 1.807) is 0 Å². The van der Waals surface area contributed by atoms with Crippen molar-refractivity contribution in [3.05, 3.63) is 0 Å². The van der Waals surface area contributed by atoms with Gasteiger partial charge in [-0.2, -0.15) is 0 Å².